The van der Waals surface area contributed by atoms with E-state index in [1.807, 2.05) is 36.4 Å². The van der Waals surface area contributed by atoms with Crippen molar-refractivity contribution in [1.29, 1.82) is 0 Å². The fourth-order valence-electron chi connectivity index (χ4n) is 4.02. The Hall–Kier alpha value is -3.38. The molecule has 0 aromatic heterocycles. The zero-order valence-corrected chi connectivity index (χ0v) is 18.1. The Morgan fingerprint density at radius 2 is 1.66 bits per heavy atom. The molecule has 1 aliphatic rings. The molecule has 0 aliphatic heterocycles. The number of esters is 1. The van der Waals surface area contributed by atoms with Crippen LogP contribution in [0.3, 0.4) is 0 Å². The lowest BCUT2D eigenvalue weighted by atomic mass is 9.98. The van der Waals surface area contributed by atoms with Gasteiger partial charge in [-0.3, -0.25) is 0 Å². The summed E-state index contributed by atoms with van der Waals surface area (Å²) >= 11 is 5.82. The number of ether oxygens (including phenoxy) is 2. The Bertz CT molecular complexity index is 1120. The number of amides is 1. The second-order valence-corrected chi connectivity index (χ2v) is 7.91. The van der Waals surface area contributed by atoms with Crippen LogP contribution in [0.25, 0.3) is 11.1 Å². The van der Waals surface area contributed by atoms with Crippen molar-refractivity contribution >= 4 is 23.7 Å². The lowest BCUT2D eigenvalue weighted by molar-refractivity contribution is -0.143. The van der Waals surface area contributed by atoms with Crippen LogP contribution in [-0.4, -0.2) is 31.8 Å². The third-order valence-corrected chi connectivity index (χ3v) is 5.83. The molecule has 5 nitrogen and oxygen atoms in total. The van der Waals surface area contributed by atoms with E-state index < -0.39 is 23.9 Å². The number of rotatable bonds is 6. The standard InChI is InChI=1S/C25H21ClFNO4/c1-31-24(29)23(13-15-10-11-22(27)21(26)12-15)28-25(30)32-14-20-18-8-4-2-6-16(18)17-7-3-5-9-19(17)20/h2-12,20,23H,13-14H2,1H3,(H,28,30)/t23-/m0/s1. The lowest BCUT2D eigenvalue weighted by Crippen LogP contribution is -2.43. The maximum absolute atomic E-state index is 13.4. The van der Waals surface area contributed by atoms with Gasteiger partial charge in [-0.15, -0.1) is 0 Å². The van der Waals surface area contributed by atoms with Crippen molar-refractivity contribution in [3.63, 3.8) is 0 Å². The topological polar surface area (TPSA) is 64.6 Å². The van der Waals surface area contributed by atoms with Gasteiger partial charge in [0.15, 0.2) is 0 Å². The molecule has 164 valence electrons. The molecule has 4 rings (SSSR count). The summed E-state index contributed by atoms with van der Waals surface area (Å²) < 4.78 is 23.7. The highest BCUT2D eigenvalue weighted by Gasteiger charge is 2.30. The van der Waals surface area contributed by atoms with E-state index in [9.17, 15) is 14.0 Å². The van der Waals surface area contributed by atoms with Crippen LogP contribution < -0.4 is 5.32 Å². The molecule has 1 amide bonds. The summed E-state index contributed by atoms with van der Waals surface area (Å²) in [5.41, 5.74) is 5.00. The van der Waals surface area contributed by atoms with Crippen LogP contribution in [0.5, 0.6) is 0 Å². The van der Waals surface area contributed by atoms with Gasteiger partial charge < -0.3 is 14.8 Å². The highest BCUT2D eigenvalue weighted by atomic mass is 35.5. The average Bonchev–Trinajstić information content (AvgIpc) is 3.13. The first-order valence-corrected chi connectivity index (χ1v) is 10.5. The van der Waals surface area contributed by atoms with E-state index in [-0.39, 0.29) is 24.0 Å². The van der Waals surface area contributed by atoms with E-state index in [1.165, 1.54) is 25.3 Å². The van der Waals surface area contributed by atoms with Gasteiger partial charge in [-0.2, -0.15) is 0 Å². The van der Waals surface area contributed by atoms with Crippen molar-refractivity contribution < 1.29 is 23.5 Å². The van der Waals surface area contributed by atoms with Crippen LogP contribution >= 0.6 is 11.6 Å². The van der Waals surface area contributed by atoms with E-state index in [2.05, 4.69) is 17.4 Å². The third kappa shape index (κ3) is 4.46. The summed E-state index contributed by atoms with van der Waals surface area (Å²) in [5.74, 6) is -1.30. The largest absolute Gasteiger partial charge is 0.467 e. The minimum Gasteiger partial charge on any atom is -0.467 e. The first-order chi connectivity index (χ1) is 15.5. The Kier molecular flexibility index (Phi) is 6.42. The van der Waals surface area contributed by atoms with Crippen molar-refractivity contribution in [2.75, 3.05) is 13.7 Å². The van der Waals surface area contributed by atoms with Gasteiger partial charge in [-0.1, -0.05) is 66.2 Å². The molecule has 7 heteroatoms. The van der Waals surface area contributed by atoms with Gasteiger partial charge >= 0.3 is 12.1 Å². The average molecular weight is 454 g/mol. The summed E-state index contributed by atoms with van der Waals surface area (Å²) in [6.07, 6.45) is -0.660. The number of halogens is 2. The van der Waals surface area contributed by atoms with Crippen molar-refractivity contribution in [2.24, 2.45) is 0 Å². The number of carbonyl (C=O) groups is 2. The van der Waals surface area contributed by atoms with E-state index in [4.69, 9.17) is 21.1 Å². The fourth-order valence-corrected chi connectivity index (χ4v) is 4.22. The Balaban J connectivity index is 1.45. The monoisotopic (exact) mass is 453 g/mol. The summed E-state index contributed by atoms with van der Waals surface area (Å²) in [5, 5.41) is 2.49. The molecule has 0 saturated carbocycles. The van der Waals surface area contributed by atoms with Crippen LogP contribution in [0.15, 0.2) is 66.7 Å². The van der Waals surface area contributed by atoms with E-state index in [1.54, 1.807) is 0 Å². The molecule has 3 aromatic carbocycles. The number of hydrogen-bond acceptors (Lipinski definition) is 4. The first-order valence-electron chi connectivity index (χ1n) is 10.1. The Morgan fingerprint density at radius 3 is 2.25 bits per heavy atom. The van der Waals surface area contributed by atoms with Crippen molar-refractivity contribution in [1.82, 2.24) is 5.32 Å². The molecule has 0 spiro atoms. The van der Waals surface area contributed by atoms with Gasteiger partial charge in [-0.05, 0) is 39.9 Å². The van der Waals surface area contributed by atoms with E-state index in [0.29, 0.717) is 5.56 Å². The predicted molar refractivity (Wildman–Crippen MR) is 119 cm³/mol. The molecule has 0 radical (unpaired) electrons. The second kappa shape index (κ2) is 9.40. The second-order valence-electron chi connectivity index (χ2n) is 7.50. The normalized spacial score (nSPS) is 13.1. The van der Waals surface area contributed by atoms with Crippen LogP contribution in [0.1, 0.15) is 22.6 Å². The van der Waals surface area contributed by atoms with Crippen molar-refractivity contribution in [2.45, 2.75) is 18.4 Å². The van der Waals surface area contributed by atoms with Crippen LogP contribution in [0.2, 0.25) is 5.02 Å². The minimum absolute atomic E-state index is 0.0627. The van der Waals surface area contributed by atoms with E-state index in [0.717, 1.165) is 22.3 Å². The lowest BCUT2D eigenvalue weighted by Gasteiger charge is -2.18. The number of methoxy groups -OCH3 is 1. The number of carbonyl (C=O) groups excluding carboxylic acids is 2. The molecule has 0 bridgehead atoms. The molecule has 3 aromatic rings. The molecule has 1 atom stereocenters. The Labute approximate surface area is 190 Å². The summed E-state index contributed by atoms with van der Waals surface area (Å²) in [6, 6.07) is 19.1. The summed E-state index contributed by atoms with van der Waals surface area (Å²) in [7, 11) is 1.23. The highest BCUT2D eigenvalue weighted by molar-refractivity contribution is 6.30. The van der Waals surface area contributed by atoms with Crippen LogP contribution in [-0.2, 0) is 20.7 Å². The van der Waals surface area contributed by atoms with E-state index >= 15 is 0 Å². The first kappa shape index (κ1) is 21.8. The molecule has 0 heterocycles. The number of alkyl carbamates (subject to hydrolysis) is 1. The Morgan fingerprint density at radius 1 is 1.03 bits per heavy atom. The maximum atomic E-state index is 13.4. The van der Waals surface area contributed by atoms with Crippen molar-refractivity contribution in [3.05, 3.63) is 94.3 Å². The van der Waals surface area contributed by atoms with Gasteiger partial charge in [0.05, 0.1) is 12.1 Å². The molecular formula is C25H21ClFNO4. The summed E-state index contributed by atoms with van der Waals surface area (Å²) in [4.78, 5) is 24.7. The fraction of sp³-hybridized carbons (Fsp3) is 0.200. The molecule has 1 aliphatic carbocycles. The zero-order valence-electron chi connectivity index (χ0n) is 17.3. The van der Waals surface area contributed by atoms with Gasteiger partial charge in [0, 0.05) is 12.3 Å². The summed E-state index contributed by atoms with van der Waals surface area (Å²) in [6.45, 7) is 0.121. The van der Waals surface area contributed by atoms with Gasteiger partial charge in [-0.25, -0.2) is 14.0 Å². The SMILES string of the molecule is COC(=O)[C@H](Cc1ccc(F)c(Cl)c1)NC(=O)OCC1c2ccccc2-c2ccccc21. The van der Waals surface area contributed by atoms with Crippen LogP contribution in [0, 0.1) is 5.82 Å². The van der Waals surface area contributed by atoms with Gasteiger partial charge in [0.2, 0.25) is 0 Å². The maximum Gasteiger partial charge on any atom is 0.407 e. The van der Waals surface area contributed by atoms with Gasteiger partial charge in [0.1, 0.15) is 18.5 Å². The number of fused-ring (bicyclic) bond motifs is 3. The van der Waals surface area contributed by atoms with Crippen molar-refractivity contribution in [3.8, 4) is 11.1 Å². The number of nitrogens with one attached hydrogen (secondary N) is 1. The molecule has 0 fully saturated rings. The van der Waals surface area contributed by atoms with Crippen LogP contribution in [0.4, 0.5) is 9.18 Å². The third-order valence-electron chi connectivity index (χ3n) is 5.55. The zero-order chi connectivity index (χ0) is 22.7. The molecule has 0 saturated heterocycles. The highest BCUT2D eigenvalue weighted by Crippen LogP contribution is 2.44. The minimum atomic E-state index is -1.00. The number of hydrogen-bond donors (Lipinski definition) is 1. The molecular weight excluding hydrogens is 433 g/mol. The quantitative estimate of drug-likeness (QED) is 0.527. The molecule has 0 unspecified atom stereocenters. The van der Waals surface area contributed by atoms with Gasteiger partial charge in [0.25, 0.3) is 0 Å². The molecule has 32 heavy (non-hydrogen) atoms. The molecule has 1 N–H and O–H groups in total. The number of benzene rings is 3. The smallest absolute Gasteiger partial charge is 0.407 e. The predicted octanol–water partition coefficient (Wildman–Crippen LogP) is 5.10.